The first-order valence-corrected chi connectivity index (χ1v) is 12.3. The molecule has 0 aliphatic carbocycles. The highest BCUT2D eigenvalue weighted by atomic mass is 32.2. The molecule has 2 amide bonds. The Labute approximate surface area is 200 Å². The Kier molecular flexibility index (Phi) is 9.34. The normalized spacial score (nSPS) is 11.2. The molecule has 0 spiro atoms. The average Bonchev–Trinajstić information content (AvgIpc) is 2.79. The molecule has 0 saturated heterocycles. The van der Waals surface area contributed by atoms with Crippen LogP contribution < -0.4 is 10.6 Å². The maximum Gasteiger partial charge on any atom is 0.338 e. The van der Waals surface area contributed by atoms with Crippen molar-refractivity contribution in [2.75, 3.05) is 31.6 Å². The first-order chi connectivity index (χ1) is 16.0. The number of nitrogens with one attached hydrogen (secondary N) is 2. The smallest absolute Gasteiger partial charge is 0.338 e. The van der Waals surface area contributed by atoms with Crippen LogP contribution in [-0.2, 0) is 24.3 Å². The van der Waals surface area contributed by atoms with Gasteiger partial charge in [0.2, 0.25) is 15.9 Å². The number of aryl methyl sites for hydroxylation is 3. The molecule has 0 heterocycles. The van der Waals surface area contributed by atoms with Crippen LogP contribution in [0.3, 0.4) is 0 Å². The van der Waals surface area contributed by atoms with E-state index in [1.807, 2.05) is 32.9 Å². The number of nitrogens with zero attached hydrogens (tertiary/aromatic N) is 1. The third kappa shape index (κ3) is 6.88. The highest BCUT2D eigenvalue weighted by molar-refractivity contribution is 7.89. The van der Waals surface area contributed by atoms with Gasteiger partial charge in [-0.25, -0.2) is 13.2 Å². The van der Waals surface area contributed by atoms with Crippen LogP contribution in [0.4, 0.5) is 5.69 Å². The lowest BCUT2D eigenvalue weighted by Crippen LogP contribution is -2.35. The number of esters is 1. The molecule has 0 bridgehead atoms. The lowest BCUT2D eigenvalue weighted by molar-refractivity contribution is -0.126. The Hall–Kier alpha value is -3.24. The second-order valence-electron chi connectivity index (χ2n) is 7.79. The van der Waals surface area contributed by atoms with Gasteiger partial charge < -0.3 is 15.4 Å². The van der Waals surface area contributed by atoms with Crippen LogP contribution >= 0.6 is 0 Å². The second kappa shape index (κ2) is 11.8. The summed E-state index contributed by atoms with van der Waals surface area (Å²) in [5, 5.41) is 5.16. The first kappa shape index (κ1) is 27.0. The highest BCUT2D eigenvalue weighted by Crippen LogP contribution is 2.21. The predicted molar refractivity (Wildman–Crippen MR) is 129 cm³/mol. The van der Waals surface area contributed by atoms with E-state index >= 15 is 0 Å². The monoisotopic (exact) mass is 489 g/mol. The zero-order chi connectivity index (χ0) is 25.5. The van der Waals surface area contributed by atoms with Crippen molar-refractivity contribution in [1.29, 1.82) is 0 Å². The van der Waals surface area contributed by atoms with E-state index in [1.165, 1.54) is 28.6 Å². The largest absolute Gasteiger partial charge is 0.452 e. The summed E-state index contributed by atoms with van der Waals surface area (Å²) in [5.74, 6) is -1.92. The highest BCUT2D eigenvalue weighted by Gasteiger charge is 2.23. The minimum Gasteiger partial charge on any atom is -0.452 e. The number of rotatable bonds is 10. The molecule has 184 valence electrons. The van der Waals surface area contributed by atoms with E-state index in [0.29, 0.717) is 18.8 Å². The van der Waals surface area contributed by atoms with Gasteiger partial charge in [0.25, 0.3) is 5.91 Å². The molecule has 0 aromatic heterocycles. The van der Waals surface area contributed by atoms with E-state index in [9.17, 15) is 22.8 Å². The summed E-state index contributed by atoms with van der Waals surface area (Å²) >= 11 is 0. The predicted octanol–water partition coefficient (Wildman–Crippen LogP) is 2.55. The van der Waals surface area contributed by atoms with Crippen LogP contribution in [0.5, 0.6) is 0 Å². The minimum absolute atomic E-state index is 0.00379. The molecular formula is C24H31N3O6S. The zero-order valence-corrected chi connectivity index (χ0v) is 20.9. The lowest BCUT2D eigenvalue weighted by atomic mass is 10.1. The molecule has 0 radical (unpaired) electrons. The SMILES string of the molecule is CCN(CC)S(=O)(=O)c1cccc(C(=O)OCC(=O)NCC(=O)Nc2c(C)cc(C)cc2C)c1. The van der Waals surface area contributed by atoms with Crippen molar-refractivity contribution in [2.45, 2.75) is 39.5 Å². The maximum atomic E-state index is 12.6. The molecule has 2 N–H and O–H groups in total. The minimum atomic E-state index is -3.74. The number of benzene rings is 2. The molecule has 0 unspecified atom stereocenters. The Bertz CT molecular complexity index is 1150. The third-order valence-corrected chi connectivity index (χ3v) is 7.18. The summed E-state index contributed by atoms with van der Waals surface area (Å²) in [7, 11) is -3.74. The van der Waals surface area contributed by atoms with Crippen LogP contribution in [0.2, 0.25) is 0 Å². The number of hydrogen-bond donors (Lipinski definition) is 2. The van der Waals surface area contributed by atoms with E-state index in [4.69, 9.17) is 4.74 Å². The van der Waals surface area contributed by atoms with Gasteiger partial charge >= 0.3 is 5.97 Å². The van der Waals surface area contributed by atoms with Gasteiger partial charge in [0.05, 0.1) is 17.0 Å². The summed E-state index contributed by atoms with van der Waals surface area (Å²) in [6.07, 6.45) is 0. The molecule has 0 saturated carbocycles. The van der Waals surface area contributed by atoms with Crippen LogP contribution in [0.1, 0.15) is 40.9 Å². The second-order valence-corrected chi connectivity index (χ2v) is 9.73. The molecule has 0 atom stereocenters. The van der Waals surface area contributed by atoms with Crippen LogP contribution in [0.15, 0.2) is 41.3 Å². The van der Waals surface area contributed by atoms with Crippen molar-refractivity contribution in [3.8, 4) is 0 Å². The van der Waals surface area contributed by atoms with Crippen molar-refractivity contribution in [2.24, 2.45) is 0 Å². The Balaban J connectivity index is 1.91. The molecule has 2 aromatic carbocycles. The number of carbonyl (C=O) groups excluding carboxylic acids is 3. The molecule has 10 heteroatoms. The first-order valence-electron chi connectivity index (χ1n) is 10.9. The van der Waals surface area contributed by atoms with Crippen LogP contribution in [0, 0.1) is 20.8 Å². The summed E-state index contributed by atoms with van der Waals surface area (Å²) < 4.78 is 31.5. The summed E-state index contributed by atoms with van der Waals surface area (Å²) in [5.41, 5.74) is 3.60. The van der Waals surface area contributed by atoms with Crippen molar-refractivity contribution < 1.29 is 27.5 Å². The van der Waals surface area contributed by atoms with E-state index in [1.54, 1.807) is 13.8 Å². The molecule has 34 heavy (non-hydrogen) atoms. The lowest BCUT2D eigenvalue weighted by Gasteiger charge is -2.18. The van der Waals surface area contributed by atoms with Gasteiger partial charge in [0.1, 0.15) is 0 Å². The van der Waals surface area contributed by atoms with Gasteiger partial charge in [-0.3, -0.25) is 9.59 Å². The molecule has 0 aliphatic heterocycles. The molecule has 2 rings (SSSR count). The Morgan fingerprint density at radius 3 is 2.15 bits per heavy atom. The summed E-state index contributed by atoms with van der Waals surface area (Å²) in [6.45, 7) is 8.87. The summed E-state index contributed by atoms with van der Waals surface area (Å²) in [6, 6.07) is 9.35. The summed E-state index contributed by atoms with van der Waals surface area (Å²) in [4.78, 5) is 36.5. The number of hydrogen-bond acceptors (Lipinski definition) is 6. The fourth-order valence-corrected chi connectivity index (χ4v) is 5.01. The number of sulfonamides is 1. The van der Waals surface area contributed by atoms with Crippen molar-refractivity contribution >= 4 is 33.5 Å². The maximum absolute atomic E-state index is 12.6. The fourth-order valence-electron chi connectivity index (χ4n) is 3.50. The Morgan fingerprint density at radius 1 is 0.941 bits per heavy atom. The van der Waals surface area contributed by atoms with Gasteiger partial charge in [-0.2, -0.15) is 4.31 Å². The van der Waals surface area contributed by atoms with Gasteiger partial charge in [-0.1, -0.05) is 37.6 Å². The van der Waals surface area contributed by atoms with Crippen molar-refractivity contribution in [3.63, 3.8) is 0 Å². The van der Waals surface area contributed by atoms with Crippen molar-refractivity contribution in [1.82, 2.24) is 9.62 Å². The number of carbonyl (C=O) groups is 3. The van der Waals surface area contributed by atoms with Crippen molar-refractivity contribution in [3.05, 3.63) is 58.7 Å². The molecular weight excluding hydrogens is 458 g/mol. The van der Waals surface area contributed by atoms with E-state index in [-0.39, 0.29) is 17.0 Å². The molecule has 9 nitrogen and oxygen atoms in total. The van der Waals surface area contributed by atoms with Gasteiger partial charge in [-0.15, -0.1) is 0 Å². The standard InChI is InChI=1S/C24H31N3O6S/c1-6-27(7-2)34(31,32)20-10-8-9-19(13-20)24(30)33-15-22(29)25-14-21(28)26-23-17(4)11-16(3)12-18(23)5/h8-13H,6-7,14-15H2,1-5H3,(H,25,29)(H,26,28). The van der Waals surface area contributed by atoms with Crippen LogP contribution in [0.25, 0.3) is 0 Å². The third-order valence-electron chi connectivity index (χ3n) is 5.13. The number of amides is 2. The molecule has 0 fully saturated rings. The van der Waals surface area contributed by atoms with E-state index in [2.05, 4.69) is 10.6 Å². The van der Waals surface area contributed by atoms with E-state index in [0.717, 1.165) is 16.7 Å². The van der Waals surface area contributed by atoms with Crippen LogP contribution in [-0.4, -0.2) is 56.7 Å². The van der Waals surface area contributed by atoms with E-state index < -0.39 is 34.4 Å². The quantitative estimate of drug-likeness (QED) is 0.495. The average molecular weight is 490 g/mol. The number of ether oxygens (including phenoxy) is 1. The Morgan fingerprint density at radius 2 is 1.56 bits per heavy atom. The van der Waals surface area contributed by atoms with Gasteiger partial charge in [0, 0.05) is 18.8 Å². The fraction of sp³-hybridized carbons (Fsp3) is 0.375. The number of anilines is 1. The molecule has 0 aliphatic rings. The topological polar surface area (TPSA) is 122 Å². The zero-order valence-electron chi connectivity index (χ0n) is 20.1. The molecule has 2 aromatic rings. The van der Waals surface area contributed by atoms with Gasteiger partial charge in [0.15, 0.2) is 6.61 Å². The van der Waals surface area contributed by atoms with Gasteiger partial charge in [-0.05, 0) is 50.1 Å².